The second-order valence-corrected chi connectivity index (χ2v) is 5.92. The van der Waals surface area contributed by atoms with Crippen molar-refractivity contribution in [1.29, 1.82) is 0 Å². The molecule has 0 saturated carbocycles. The Labute approximate surface area is 151 Å². The molecular formula is C20H20N2O4. The van der Waals surface area contributed by atoms with Crippen molar-refractivity contribution in [2.24, 2.45) is 10.3 Å². The number of Topliss-reactive ketones (excluding diaryl/α,β-unsaturated/α-hetero) is 2. The van der Waals surface area contributed by atoms with Crippen molar-refractivity contribution in [2.75, 3.05) is 0 Å². The normalized spacial score (nSPS) is 12.1. The van der Waals surface area contributed by atoms with Gasteiger partial charge < -0.3 is 10.4 Å². The van der Waals surface area contributed by atoms with E-state index >= 15 is 0 Å². The summed E-state index contributed by atoms with van der Waals surface area (Å²) in [5.41, 5.74) is 3.20. The molecule has 0 radical (unpaired) electrons. The molecule has 0 spiro atoms. The van der Waals surface area contributed by atoms with Gasteiger partial charge in [-0.1, -0.05) is 58.8 Å². The third-order valence-corrected chi connectivity index (χ3v) is 4.09. The topological polar surface area (TPSA) is 99.3 Å². The molecule has 0 aliphatic carbocycles. The Morgan fingerprint density at radius 3 is 1.27 bits per heavy atom. The highest BCUT2D eigenvalue weighted by Crippen LogP contribution is 2.12. The Balaban J connectivity index is 1.99. The van der Waals surface area contributed by atoms with Crippen LogP contribution in [0.5, 0.6) is 0 Å². The minimum atomic E-state index is -0.305. The molecule has 2 N–H and O–H groups in total. The Hall–Kier alpha value is -3.28. The molecule has 0 aliphatic rings. The number of ketones is 2. The van der Waals surface area contributed by atoms with E-state index < -0.39 is 0 Å². The number of hydrogen-bond donors (Lipinski definition) is 2. The Bertz CT molecular complexity index is 777. The Morgan fingerprint density at radius 2 is 1.00 bits per heavy atom. The highest BCUT2D eigenvalue weighted by atomic mass is 16.4. The quantitative estimate of drug-likeness (QED) is 0.344. The van der Waals surface area contributed by atoms with Gasteiger partial charge in [0.15, 0.2) is 0 Å². The molecule has 2 aromatic rings. The first-order valence-corrected chi connectivity index (χ1v) is 8.11. The number of carbonyl (C=O) groups is 2. The van der Waals surface area contributed by atoms with Gasteiger partial charge in [0.05, 0.1) is 0 Å². The molecule has 0 aliphatic heterocycles. The van der Waals surface area contributed by atoms with Crippen molar-refractivity contribution >= 4 is 23.0 Å². The predicted octanol–water partition coefficient (Wildman–Crippen LogP) is 3.54. The molecule has 0 aromatic heterocycles. The van der Waals surface area contributed by atoms with Crippen molar-refractivity contribution in [2.45, 2.75) is 26.7 Å². The van der Waals surface area contributed by atoms with E-state index in [0.29, 0.717) is 11.1 Å². The molecule has 0 saturated heterocycles. The van der Waals surface area contributed by atoms with E-state index in [9.17, 15) is 9.59 Å². The molecule has 0 bridgehead atoms. The number of rotatable bonds is 7. The molecule has 0 atom stereocenters. The third kappa shape index (κ3) is 4.63. The first-order chi connectivity index (χ1) is 12.5. The lowest BCUT2D eigenvalue weighted by molar-refractivity contribution is 0.105. The summed E-state index contributed by atoms with van der Waals surface area (Å²) in [5, 5.41) is 23.2. The van der Waals surface area contributed by atoms with Crippen LogP contribution in [-0.4, -0.2) is 33.4 Å². The fraction of sp³-hybridized carbons (Fsp3) is 0.200. The average Bonchev–Trinajstić information content (AvgIpc) is 2.70. The predicted molar refractivity (Wildman–Crippen MR) is 98.7 cm³/mol. The van der Waals surface area contributed by atoms with Gasteiger partial charge in [0, 0.05) is 11.1 Å². The van der Waals surface area contributed by atoms with E-state index in [2.05, 4.69) is 10.3 Å². The van der Waals surface area contributed by atoms with Gasteiger partial charge in [0.1, 0.15) is 11.4 Å². The van der Waals surface area contributed by atoms with Crippen molar-refractivity contribution in [3.63, 3.8) is 0 Å². The molecule has 6 heteroatoms. The van der Waals surface area contributed by atoms with Gasteiger partial charge in [-0.3, -0.25) is 9.59 Å². The summed E-state index contributed by atoms with van der Waals surface area (Å²) in [4.78, 5) is 23.8. The largest absolute Gasteiger partial charge is 0.411 e. The van der Waals surface area contributed by atoms with Crippen LogP contribution >= 0.6 is 0 Å². The summed E-state index contributed by atoms with van der Waals surface area (Å²) in [5.74, 6) is -0.609. The fourth-order valence-electron chi connectivity index (χ4n) is 2.44. The van der Waals surface area contributed by atoms with Crippen molar-refractivity contribution < 1.29 is 20.0 Å². The number of aryl methyl sites for hydroxylation is 2. The maximum absolute atomic E-state index is 11.9. The Kier molecular flexibility index (Phi) is 6.38. The van der Waals surface area contributed by atoms with E-state index in [-0.39, 0.29) is 23.0 Å². The molecule has 134 valence electrons. The van der Waals surface area contributed by atoms with Crippen LogP contribution in [0.15, 0.2) is 58.8 Å². The number of nitrogens with zero attached hydrogens (tertiary/aromatic N) is 2. The lowest BCUT2D eigenvalue weighted by atomic mass is 9.99. The minimum absolute atomic E-state index is 0.0499. The summed E-state index contributed by atoms with van der Waals surface area (Å²) >= 11 is 0. The van der Waals surface area contributed by atoms with E-state index in [1.807, 2.05) is 24.3 Å². The average molecular weight is 352 g/mol. The van der Waals surface area contributed by atoms with Gasteiger partial charge in [-0.05, 0) is 37.8 Å². The van der Waals surface area contributed by atoms with Gasteiger partial charge in [-0.15, -0.1) is 0 Å². The third-order valence-electron chi connectivity index (χ3n) is 4.09. The van der Waals surface area contributed by atoms with Crippen molar-refractivity contribution in [3.8, 4) is 0 Å². The van der Waals surface area contributed by atoms with Gasteiger partial charge in [-0.2, -0.15) is 0 Å². The number of benzene rings is 2. The maximum Gasteiger partial charge on any atom is 0.210 e. The van der Waals surface area contributed by atoms with Crippen LogP contribution < -0.4 is 0 Å². The van der Waals surface area contributed by atoms with Crippen molar-refractivity contribution in [3.05, 3.63) is 70.8 Å². The zero-order valence-electron chi connectivity index (χ0n) is 14.6. The maximum atomic E-state index is 11.9. The fourth-order valence-corrected chi connectivity index (χ4v) is 2.44. The highest BCUT2D eigenvalue weighted by Gasteiger charge is 2.11. The summed E-state index contributed by atoms with van der Waals surface area (Å²) in [6.07, 6.45) is 1.57. The highest BCUT2D eigenvalue weighted by molar-refractivity contribution is 6.45. The molecule has 2 rings (SSSR count). The van der Waals surface area contributed by atoms with Crippen LogP contribution in [0.4, 0.5) is 0 Å². The van der Waals surface area contributed by atoms with Crippen LogP contribution in [0.1, 0.15) is 45.7 Å². The van der Waals surface area contributed by atoms with Gasteiger partial charge >= 0.3 is 0 Å². The molecular weight excluding hydrogens is 332 g/mol. The second-order valence-electron chi connectivity index (χ2n) is 5.92. The van der Waals surface area contributed by atoms with E-state index in [1.54, 1.807) is 24.3 Å². The molecule has 0 heterocycles. The standard InChI is InChI=1S/C20H20N2O4/c1-13(21-25)19(23)17-9-5-15(6-10-17)3-4-16-7-11-18(12-8-16)20(24)14(2)22-26/h5-12,25-26H,3-4H2,1-2H3/b21-13+,22-14+. The summed E-state index contributed by atoms with van der Waals surface area (Å²) < 4.78 is 0. The number of hydrogen-bond acceptors (Lipinski definition) is 6. The van der Waals surface area contributed by atoms with Crippen LogP contribution in [0.25, 0.3) is 0 Å². The molecule has 0 fully saturated rings. The van der Waals surface area contributed by atoms with Gasteiger partial charge in [0.2, 0.25) is 11.6 Å². The van der Waals surface area contributed by atoms with Crippen LogP contribution in [-0.2, 0) is 12.8 Å². The minimum Gasteiger partial charge on any atom is -0.411 e. The molecule has 6 nitrogen and oxygen atoms in total. The van der Waals surface area contributed by atoms with Crippen LogP contribution in [0.2, 0.25) is 0 Å². The Morgan fingerprint density at radius 1 is 0.692 bits per heavy atom. The first-order valence-electron chi connectivity index (χ1n) is 8.11. The lowest BCUT2D eigenvalue weighted by Gasteiger charge is -2.05. The first kappa shape index (κ1) is 19.1. The SMILES string of the molecule is C/C(=N\O)C(=O)c1ccc(CCc2ccc(C(=O)/C(C)=N/O)cc2)cc1. The van der Waals surface area contributed by atoms with E-state index in [0.717, 1.165) is 24.0 Å². The summed E-state index contributed by atoms with van der Waals surface area (Å²) in [7, 11) is 0. The van der Waals surface area contributed by atoms with Crippen LogP contribution in [0, 0.1) is 0 Å². The molecule has 2 aromatic carbocycles. The zero-order valence-corrected chi connectivity index (χ0v) is 14.6. The van der Waals surface area contributed by atoms with Gasteiger partial charge in [-0.25, -0.2) is 0 Å². The number of carbonyl (C=O) groups excluding carboxylic acids is 2. The summed E-state index contributed by atoms with van der Waals surface area (Å²) in [6.45, 7) is 2.91. The van der Waals surface area contributed by atoms with E-state index in [1.165, 1.54) is 13.8 Å². The summed E-state index contributed by atoms with van der Waals surface area (Å²) in [6, 6.07) is 14.3. The smallest absolute Gasteiger partial charge is 0.210 e. The second kappa shape index (κ2) is 8.71. The van der Waals surface area contributed by atoms with Crippen molar-refractivity contribution in [1.82, 2.24) is 0 Å². The zero-order chi connectivity index (χ0) is 19.1. The molecule has 0 unspecified atom stereocenters. The lowest BCUT2D eigenvalue weighted by Crippen LogP contribution is -2.10. The number of oxime groups is 2. The monoisotopic (exact) mass is 352 g/mol. The molecule has 0 amide bonds. The molecule has 26 heavy (non-hydrogen) atoms. The van der Waals surface area contributed by atoms with Gasteiger partial charge in [0.25, 0.3) is 0 Å². The van der Waals surface area contributed by atoms with Crippen LogP contribution in [0.3, 0.4) is 0 Å². The van der Waals surface area contributed by atoms with E-state index in [4.69, 9.17) is 10.4 Å².